The van der Waals surface area contributed by atoms with Gasteiger partial charge in [0.15, 0.2) is 0 Å². The van der Waals surface area contributed by atoms with Crippen molar-refractivity contribution in [2.75, 3.05) is 19.6 Å². The van der Waals surface area contributed by atoms with Crippen molar-refractivity contribution in [3.05, 3.63) is 63.9 Å². The fourth-order valence-electron chi connectivity index (χ4n) is 5.49. The Morgan fingerprint density at radius 1 is 1.06 bits per heavy atom. The number of fused-ring (bicyclic) bond motifs is 1. The number of phenols is 1. The van der Waals surface area contributed by atoms with E-state index in [2.05, 4.69) is 15.2 Å². The third-order valence-electron chi connectivity index (χ3n) is 7.54. The first-order valence-corrected chi connectivity index (χ1v) is 13.5. The van der Waals surface area contributed by atoms with Crippen molar-refractivity contribution < 1.29 is 9.90 Å². The van der Waals surface area contributed by atoms with Crippen LogP contribution in [0.5, 0.6) is 5.75 Å². The van der Waals surface area contributed by atoms with Crippen LogP contribution >= 0.6 is 23.2 Å². The molecule has 8 heteroatoms. The average molecular weight is 527 g/mol. The average Bonchev–Trinajstić information content (AvgIpc) is 3.30. The zero-order valence-corrected chi connectivity index (χ0v) is 21.7. The molecule has 0 radical (unpaired) electrons. The normalized spacial score (nSPS) is 21.8. The van der Waals surface area contributed by atoms with Crippen LogP contribution in [-0.4, -0.2) is 51.6 Å². The fourth-order valence-corrected chi connectivity index (χ4v) is 5.80. The van der Waals surface area contributed by atoms with Crippen LogP contribution in [0, 0.1) is 5.92 Å². The van der Waals surface area contributed by atoms with Crippen molar-refractivity contribution in [2.45, 2.75) is 50.5 Å². The number of benzene rings is 2. The van der Waals surface area contributed by atoms with Crippen LogP contribution < -0.4 is 5.32 Å². The Bertz CT molecular complexity index is 1240. The van der Waals surface area contributed by atoms with Gasteiger partial charge < -0.3 is 20.3 Å². The zero-order chi connectivity index (χ0) is 25.1. The standard InChI is InChI=1S/C28H32Cl2N4O2/c29-23-8-3-18(15-24(23)30)4-10-27(36)31-21-5-1-19(2-6-21)17-34-13-11-20(12-14-34)28-32-25-9-7-22(35)16-26(25)33-28/h3-4,7-10,15-16,19-21,35H,1-2,5-6,11-14,17H2,(H,31,36)(H,32,33)/b10-4+. The highest BCUT2D eigenvalue weighted by molar-refractivity contribution is 6.42. The SMILES string of the molecule is O=C(/C=C/c1ccc(Cl)c(Cl)c1)NC1CCC(CN2CCC(c3nc4ccc(O)cc4[nH]3)CC2)CC1. The fraction of sp³-hybridized carbons (Fsp3) is 0.429. The molecule has 1 aromatic heterocycles. The number of amides is 1. The summed E-state index contributed by atoms with van der Waals surface area (Å²) < 4.78 is 0. The molecule has 2 heterocycles. The van der Waals surface area contributed by atoms with Crippen molar-refractivity contribution in [2.24, 2.45) is 5.92 Å². The third kappa shape index (κ3) is 6.23. The molecule has 0 bridgehead atoms. The summed E-state index contributed by atoms with van der Waals surface area (Å²) >= 11 is 12.0. The van der Waals surface area contributed by atoms with E-state index < -0.39 is 0 Å². The second-order valence-electron chi connectivity index (χ2n) is 10.1. The lowest BCUT2D eigenvalue weighted by Gasteiger charge is -2.36. The molecule has 1 saturated heterocycles. The number of likely N-dealkylation sites (tertiary alicyclic amines) is 1. The number of hydrogen-bond acceptors (Lipinski definition) is 4. The number of phenolic OH excluding ortho intramolecular Hbond substituents is 1. The number of rotatable bonds is 6. The number of aromatic amines is 1. The predicted molar refractivity (Wildman–Crippen MR) is 146 cm³/mol. The summed E-state index contributed by atoms with van der Waals surface area (Å²) in [4.78, 5) is 23.1. The van der Waals surface area contributed by atoms with Crippen molar-refractivity contribution >= 4 is 46.2 Å². The minimum absolute atomic E-state index is 0.0626. The number of nitrogens with zero attached hydrogens (tertiary/aromatic N) is 2. The second kappa shape index (κ2) is 11.2. The van der Waals surface area contributed by atoms with E-state index in [1.807, 2.05) is 12.1 Å². The number of carbonyl (C=O) groups is 1. The van der Waals surface area contributed by atoms with Gasteiger partial charge in [0.1, 0.15) is 11.6 Å². The van der Waals surface area contributed by atoms with E-state index in [4.69, 9.17) is 28.2 Å². The Balaban J connectivity index is 1.03. The summed E-state index contributed by atoms with van der Waals surface area (Å²) in [6, 6.07) is 10.9. The Morgan fingerprint density at radius 3 is 2.58 bits per heavy atom. The number of carbonyl (C=O) groups excluding carboxylic acids is 1. The van der Waals surface area contributed by atoms with Crippen LogP contribution in [0.15, 0.2) is 42.5 Å². The number of H-pyrrole nitrogens is 1. The van der Waals surface area contributed by atoms with Gasteiger partial charge in [-0.2, -0.15) is 0 Å². The summed E-state index contributed by atoms with van der Waals surface area (Å²) in [5, 5.41) is 13.8. The molecular formula is C28H32Cl2N4O2. The Labute approximate surface area is 221 Å². The Morgan fingerprint density at radius 2 is 1.83 bits per heavy atom. The molecule has 0 spiro atoms. The van der Waals surface area contributed by atoms with E-state index >= 15 is 0 Å². The number of halogens is 2. The number of hydrogen-bond donors (Lipinski definition) is 3. The van der Waals surface area contributed by atoms with Gasteiger partial charge in [-0.05, 0) is 93.4 Å². The number of piperidine rings is 1. The van der Waals surface area contributed by atoms with Gasteiger partial charge in [0, 0.05) is 30.6 Å². The van der Waals surface area contributed by atoms with E-state index in [9.17, 15) is 9.90 Å². The smallest absolute Gasteiger partial charge is 0.244 e. The first-order valence-electron chi connectivity index (χ1n) is 12.8. The van der Waals surface area contributed by atoms with E-state index in [1.165, 1.54) is 0 Å². The number of aromatic hydroxyl groups is 1. The van der Waals surface area contributed by atoms with Crippen molar-refractivity contribution in [3.63, 3.8) is 0 Å². The molecule has 2 aromatic carbocycles. The quantitative estimate of drug-likeness (QED) is 0.336. The molecule has 190 valence electrons. The molecule has 0 atom stereocenters. The molecule has 2 fully saturated rings. The highest BCUT2D eigenvalue weighted by atomic mass is 35.5. The summed E-state index contributed by atoms with van der Waals surface area (Å²) in [5.74, 6) is 2.38. The highest BCUT2D eigenvalue weighted by Gasteiger charge is 2.27. The van der Waals surface area contributed by atoms with Crippen molar-refractivity contribution in [3.8, 4) is 5.75 Å². The lowest BCUT2D eigenvalue weighted by Crippen LogP contribution is -2.41. The van der Waals surface area contributed by atoms with Gasteiger partial charge in [-0.25, -0.2) is 4.98 Å². The van der Waals surface area contributed by atoms with Gasteiger partial charge in [0.05, 0.1) is 21.1 Å². The Hall–Kier alpha value is -2.54. The molecule has 1 amide bonds. The summed E-state index contributed by atoms with van der Waals surface area (Å²) in [6.45, 7) is 3.31. The zero-order valence-electron chi connectivity index (χ0n) is 20.2. The number of nitrogens with one attached hydrogen (secondary N) is 2. The minimum atomic E-state index is -0.0626. The van der Waals surface area contributed by atoms with E-state index in [0.29, 0.717) is 21.9 Å². The topological polar surface area (TPSA) is 81.2 Å². The molecule has 1 aliphatic carbocycles. The molecule has 0 unspecified atom stereocenters. The molecule has 1 aliphatic heterocycles. The maximum absolute atomic E-state index is 12.4. The molecule has 3 aromatic rings. The van der Waals surface area contributed by atoms with Crippen LogP contribution in [0.25, 0.3) is 17.1 Å². The molecule has 5 rings (SSSR count). The van der Waals surface area contributed by atoms with Crippen molar-refractivity contribution in [1.82, 2.24) is 20.2 Å². The van der Waals surface area contributed by atoms with Crippen LogP contribution in [-0.2, 0) is 4.79 Å². The number of aromatic nitrogens is 2. The molecule has 3 N–H and O–H groups in total. The monoisotopic (exact) mass is 526 g/mol. The van der Waals surface area contributed by atoms with Crippen LogP contribution in [0.4, 0.5) is 0 Å². The number of imidazole rings is 1. The van der Waals surface area contributed by atoms with Crippen LogP contribution in [0.3, 0.4) is 0 Å². The predicted octanol–water partition coefficient (Wildman–Crippen LogP) is 6.14. The highest BCUT2D eigenvalue weighted by Crippen LogP contribution is 2.31. The van der Waals surface area contributed by atoms with E-state index in [-0.39, 0.29) is 17.7 Å². The van der Waals surface area contributed by atoms with Gasteiger partial charge in [0.25, 0.3) is 0 Å². The molecule has 2 aliphatic rings. The largest absolute Gasteiger partial charge is 0.508 e. The van der Waals surface area contributed by atoms with Gasteiger partial charge in [-0.3, -0.25) is 4.79 Å². The molecule has 6 nitrogen and oxygen atoms in total. The summed E-state index contributed by atoms with van der Waals surface area (Å²) in [5.41, 5.74) is 2.67. The third-order valence-corrected chi connectivity index (χ3v) is 8.28. The van der Waals surface area contributed by atoms with E-state index in [0.717, 1.165) is 80.6 Å². The van der Waals surface area contributed by atoms with Gasteiger partial charge in [-0.15, -0.1) is 0 Å². The van der Waals surface area contributed by atoms with Crippen LogP contribution in [0.2, 0.25) is 10.0 Å². The maximum atomic E-state index is 12.4. The molecule has 1 saturated carbocycles. The Kier molecular flexibility index (Phi) is 7.85. The van der Waals surface area contributed by atoms with Gasteiger partial charge in [0.2, 0.25) is 5.91 Å². The van der Waals surface area contributed by atoms with Crippen LogP contribution in [0.1, 0.15) is 55.8 Å². The summed E-state index contributed by atoms with van der Waals surface area (Å²) in [6.07, 6.45) is 9.88. The van der Waals surface area contributed by atoms with E-state index in [1.54, 1.807) is 36.4 Å². The lowest BCUT2D eigenvalue weighted by atomic mass is 9.85. The molecular weight excluding hydrogens is 495 g/mol. The first kappa shape index (κ1) is 25.1. The summed E-state index contributed by atoms with van der Waals surface area (Å²) in [7, 11) is 0. The van der Waals surface area contributed by atoms with Gasteiger partial charge in [-0.1, -0.05) is 29.3 Å². The second-order valence-corrected chi connectivity index (χ2v) is 10.9. The first-order chi connectivity index (χ1) is 17.4. The molecule has 36 heavy (non-hydrogen) atoms. The lowest BCUT2D eigenvalue weighted by molar-refractivity contribution is -0.117. The van der Waals surface area contributed by atoms with Crippen molar-refractivity contribution in [1.29, 1.82) is 0 Å². The maximum Gasteiger partial charge on any atom is 0.244 e. The van der Waals surface area contributed by atoms with Gasteiger partial charge >= 0.3 is 0 Å². The minimum Gasteiger partial charge on any atom is -0.508 e.